The minimum Gasteiger partial charge on any atom is -0.495 e. The molecular formula is C35H42N4O6S2. The van der Waals surface area contributed by atoms with Crippen molar-refractivity contribution >= 4 is 48.7 Å². The molecule has 1 amide bonds. The molecule has 12 heteroatoms. The second-order valence-electron chi connectivity index (χ2n) is 12.9. The Hall–Kier alpha value is -3.87. The van der Waals surface area contributed by atoms with Crippen LogP contribution in [0.25, 0.3) is 10.3 Å². The summed E-state index contributed by atoms with van der Waals surface area (Å²) in [5.41, 5.74) is 1.50. The predicted octanol–water partition coefficient (Wildman–Crippen LogP) is 6.93. The molecule has 2 aromatic heterocycles. The Kier molecular flexibility index (Phi) is 10.9. The van der Waals surface area contributed by atoms with Gasteiger partial charge in [0.2, 0.25) is 15.9 Å². The Bertz CT molecular complexity index is 1780. The number of hydrogen-bond acceptors (Lipinski definition) is 9. The highest BCUT2D eigenvalue weighted by atomic mass is 32.2. The summed E-state index contributed by atoms with van der Waals surface area (Å²) in [5.74, 6) is -0.157. The molecule has 1 atom stereocenters. The van der Waals surface area contributed by atoms with Crippen LogP contribution in [0.5, 0.6) is 5.75 Å². The van der Waals surface area contributed by atoms with E-state index in [-0.39, 0.29) is 30.3 Å². The van der Waals surface area contributed by atoms with Crippen LogP contribution in [-0.4, -0.2) is 53.8 Å². The van der Waals surface area contributed by atoms with Gasteiger partial charge in [-0.25, -0.2) is 18.4 Å². The maximum absolute atomic E-state index is 14.0. The molecule has 10 nitrogen and oxygen atoms in total. The van der Waals surface area contributed by atoms with Gasteiger partial charge in [-0.1, -0.05) is 79.5 Å². The lowest BCUT2D eigenvalue weighted by atomic mass is 9.87. The third-order valence-corrected chi connectivity index (χ3v) is 10.9. The third-order valence-electron chi connectivity index (χ3n) is 8.16. The summed E-state index contributed by atoms with van der Waals surface area (Å²) < 4.78 is 39.9. The maximum Gasteiger partial charge on any atom is 0.307 e. The van der Waals surface area contributed by atoms with Gasteiger partial charge in [0.05, 0.1) is 30.5 Å². The molecule has 4 aromatic rings. The number of methoxy groups -OCH3 is 1. The fourth-order valence-electron chi connectivity index (χ4n) is 5.84. The zero-order chi connectivity index (χ0) is 33.6. The number of esters is 1. The van der Waals surface area contributed by atoms with Gasteiger partial charge >= 0.3 is 5.97 Å². The first-order valence-corrected chi connectivity index (χ1v) is 18.1. The van der Waals surface area contributed by atoms with Gasteiger partial charge in [-0.15, -0.1) is 0 Å². The number of rotatable bonds is 13. The van der Waals surface area contributed by atoms with Crippen molar-refractivity contribution in [2.45, 2.75) is 82.3 Å². The van der Waals surface area contributed by atoms with E-state index in [1.807, 2.05) is 30.3 Å². The van der Waals surface area contributed by atoms with E-state index < -0.39 is 27.5 Å². The zero-order valence-electron chi connectivity index (χ0n) is 27.3. The normalized spacial score (nSPS) is 14.7. The molecule has 250 valence electrons. The van der Waals surface area contributed by atoms with Gasteiger partial charge in [-0.3, -0.25) is 9.59 Å². The van der Waals surface area contributed by atoms with Crippen LogP contribution in [-0.2, 0) is 30.9 Å². The minimum absolute atomic E-state index is 0.0382. The number of fused-ring (bicyclic) bond motifs is 1. The van der Waals surface area contributed by atoms with E-state index >= 15 is 0 Å². The van der Waals surface area contributed by atoms with Crippen LogP contribution < -0.4 is 10.1 Å². The Labute approximate surface area is 280 Å². The smallest absolute Gasteiger partial charge is 0.307 e. The average molecular weight is 679 g/mol. The van der Waals surface area contributed by atoms with Crippen LogP contribution in [0.1, 0.15) is 76.3 Å². The lowest BCUT2D eigenvalue weighted by Crippen LogP contribution is -2.34. The quantitative estimate of drug-likeness (QED) is 0.151. The summed E-state index contributed by atoms with van der Waals surface area (Å²) in [6, 6.07) is 17.6. The Morgan fingerprint density at radius 2 is 1.77 bits per heavy atom. The topological polar surface area (TPSA) is 128 Å². The number of amides is 1. The van der Waals surface area contributed by atoms with Gasteiger partial charge in [0, 0.05) is 19.2 Å². The van der Waals surface area contributed by atoms with Crippen LogP contribution in [0.15, 0.2) is 71.8 Å². The molecular weight excluding hydrogens is 637 g/mol. The molecule has 5 rings (SSSR count). The molecule has 1 aliphatic carbocycles. The molecule has 0 bridgehead atoms. The molecule has 0 saturated heterocycles. The maximum atomic E-state index is 14.0. The number of sulfonamides is 1. The number of benzene rings is 2. The first-order valence-electron chi connectivity index (χ1n) is 15.9. The fraction of sp³-hybridized carbons (Fsp3) is 0.429. The van der Waals surface area contributed by atoms with Gasteiger partial charge in [0.15, 0.2) is 5.13 Å². The number of thiazole rings is 1. The van der Waals surface area contributed by atoms with Crippen molar-refractivity contribution in [2.75, 3.05) is 19.0 Å². The van der Waals surface area contributed by atoms with E-state index in [1.165, 1.54) is 15.6 Å². The lowest BCUT2D eigenvalue weighted by molar-refractivity contribution is -0.154. The summed E-state index contributed by atoms with van der Waals surface area (Å²) in [5, 5.41) is 3.44. The average Bonchev–Trinajstić information content (AvgIpc) is 3.70. The molecule has 1 N–H and O–H groups in total. The summed E-state index contributed by atoms with van der Waals surface area (Å²) in [6.07, 6.45) is 6.60. The highest BCUT2D eigenvalue weighted by molar-refractivity contribution is 7.89. The molecule has 1 aliphatic rings. The molecule has 1 fully saturated rings. The highest BCUT2D eigenvalue weighted by Gasteiger charge is 2.30. The van der Waals surface area contributed by atoms with E-state index in [0.29, 0.717) is 33.6 Å². The number of nitrogens with zero attached hydrogens (tertiary/aromatic N) is 3. The van der Waals surface area contributed by atoms with E-state index in [9.17, 15) is 18.0 Å². The van der Waals surface area contributed by atoms with Crippen molar-refractivity contribution in [1.29, 1.82) is 0 Å². The molecule has 1 saturated carbocycles. The Morgan fingerprint density at radius 3 is 2.43 bits per heavy atom. The number of ether oxygens (including phenoxy) is 2. The summed E-state index contributed by atoms with van der Waals surface area (Å²) >= 11 is 1.29. The van der Waals surface area contributed by atoms with Gasteiger partial charge in [-0.2, -0.15) is 4.31 Å². The second kappa shape index (κ2) is 14.9. The zero-order valence-corrected chi connectivity index (χ0v) is 28.9. The number of aromatic nitrogens is 2. The largest absolute Gasteiger partial charge is 0.495 e. The molecule has 0 unspecified atom stereocenters. The van der Waals surface area contributed by atoms with Crippen molar-refractivity contribution in [3.63, 3.8) is 0 Å². The van der Waals surface area contributed by atoms with Gasteiger partial charge in [0.25, 0.3) is 0 Å². The molecule has 2 heterocycles. The van der Waals surface area contributed by atoms with Crippen molar-refractivity contribution in [3.05, 3.63) is 78.0 Å². The van der Waals surface area contributed by atoms with Crippen molar-refractivity contribution in [1.82, 2.24) is 14.3 Å². The van der Waals surface area contributed by atoms with Gasteiger partial charge < -0.3 is 14.8 Å². The standard InChI is InChI=1S/C35H42N4O6S2/c1-35(2,3)45-31(40)18-19-39(23-25-12-6-5-7-13-25)47(42,43)28-16-14-26(15-17-28)29(20-24-10-8-9-11-24)32(41)38-34-37-30-21-27(44-4)22-36-33(30)46-34/h5-7,12-17,21-22,24,29H,8-11,18-20,23H2,1-4H3,(H,37,38,41)/t29-/m1/s1. The van der Waals surface area contributed by atoms with Crippen LogP contribution in [0.4, 0.5) is 5.13 Å². The van der Waals surface area contributed by atoms with Crippen LogP contribution in [0.2, 0.25) is 0 Å². The molecule has 0 aliphatic heterocycles. The highest BCUT2D eigenvalue weighted by Crippen LogP contribution is 2.36. The number of carbonyl (C=O) groups excluding carboxylic acids is 2. The predicted molar refractivity (Wildman–Crippen MR) is 183 cm³/mol. The van der Waals surface area contributed by atoms with Crippen LogP contribution in [0.3, 0.4) is 0 Å². The molecule has 47 heavy (non-hydrogen) atoms. The summed E-state index contributed by atoms with van der Waals surface area (Å²) in [7, 11) is -2.43. The van der Waals surface area contributed by atoms with Gasteiger partial charge in [0.1, 0.15) is 21.7 Å². The van der Waals surface area contributed by atoms with Crippen molar-refractivity contribution < 1.29 is 27.5 Å². The van der Waals surface area contributed by atoms with Crippen molar-refractivity contribution in [3.8, 4) is 5.75 Å². The number of hydrogen-bond donors (Lipinski definition) is 1. The first-order chi connectivity index (χ1) is 22.4. The van der Waals surface area contributed by atoms with E-state index in [0.717, 1.165) is 36.8 Å². The van der Waals surface area contributed by atoms with Crippen molar-refractivity contribution in [2.24, 2.45) is 5.92 Å². The van der Waals surface area contributed by atoms with E-state index in [4.69, 9.17) is 9.47 Å². The first kappa shape index (κ1) is 34.5. The van der Waals surface area contributed by atoms with Crippen LogP contribution >= 0.6 is 11.3 Å². The summed E-state index contributed by atoms with van der Waals surface area (Å²) in [4.78, 5) is 36.0. The Balaban J connectivity index is 1.37. The Morgan fingerprint density at radius 1 is 1.06 bits per heavy atom. The fourth-order valence-corrected chi connectivity index (χ4v) is 8.06. The molecule has 0 spiro atoms. The lowest BCUT2D eigenvalue weighted by Gasteiger charge is -2.24. The van der Waals surface area contributed by atoms with Crippen LogP contribution in [0, 0.1) is 5.92 Å². The number of anilines is 1. The summed E-state index contributed by atoms with van der Waals surface area (Å²) in [6.45, 7) is 5.39. The second-order valence-corrected chi connectivity index (χ2v) is 15.8. The molecule has 2 aromatic carbocycles. The van der Waals surface area contributed by atoms with Gasteiger partial charge in [-0.05, 0) is 56.4 Å². The number of nitrogens with one attached hydrogen (secondary N) is 1. The third kappa shape index (κ3) is 9.15. The SMILES string of the molecule is COc1cnc2sc(NC(=O)[C@H](CC3CCCC3)c3ccc(S(=O)(=O)N(CCC(=O)OC(C)(C)C)Cc4ccccc4)cc3)nc2c1. The number of carbonyl (C=O) groups is 2. The molecule has 0 radical (unpaired) electrons. The number of pyridine rings is 1. The minimum atomic E-state index is -3.99. The van der Waals surface area contributed by atoms with E-state index in [1.54, 1.807) is 64.4 Å². The monoisotopic (exact) mass is 678 g/mol. The van der Waals surface area contributed by atoms with E-state index in [2.05, 4.69) is 15.3 Å².